The quantitative estimate of drug-likeness (QED) is 0.794. The molecule has 3 unspecified atom stereocenters. The molecule has 2 aliphatic rings. The second-order valence-electron chi connectivity index (χ2n) is 6.04. The molecule has 0 amide bonds. The Bertz CT molecular complexity index is 275. The van der Waals surface area contributed by atoms with E-state index in [1.54, 1.807) is 0 Å². The molecule has 0 bridgehead atoms. The average Bonchev–Trinajstić information content (AvgIpc) is 3.05. The van der Waals surface area contributed by atoms with Crippen LogP contribution in [0, 0.1) is 17.8 Å². The van der Waals surface area contributed by atoms with Crippen LogP contribution in [0.2, 0.25) is 0 Å². The summed E-state index contributed by atoms with van der Waals surface area (Å²) in [4.78, 5) is 14.4. The van der Waals surface area contributed by atoms with Gasteiger partial charge in [-0.1, -0.05) is 13.8 Å². The molecule has 17 heavy (non-hydrogen) atoms. The Morgan fingerprint density at radius 3 is 2.59 bits per heavy atom. The van der Waals surface area contributed by atoms with Gasteiger partial charge in [0.25, 0.3) is 0 Å². The summed E-state index contributed by atoms with van der Waals surface area (Å²) >= 11 is 0. The van der Waals surface area contributed by atoms with E-state index in [9.17, 15) is 4.79 Å². The second-order valence-corrected chi connectivity index (χ2v) is 6.04. The maximum absolute atomic E-state index is 12.1. The van der Waals surface area contributed by atoms with Crippen molar-refractivity contribution < 1.29 is 9.90 Å². The smallest absolute Gasteiger partial charge is 0.137 e. The number of hydrogen-bond donors (Lipinski definition) is 1. The van der Waals surface area contributed by atoms with Crippen molar-refractivity contribution in [2.45, 2.75) is 45.6 Å². The first kappa shape index (κ1) is 13.0. The number of carbonyl (C=O) groups excluding carboxylic acids is 1. The van der Waals surface area contributed by atoms with Gasteiger partial charge in [-0.05, 0) is 31.1 Å². The maximum atomic E-state index is 12.1. The molecular formula is C14H25NO2. The molecule has 3 nitrogen and oxygen atoms in total. The number of nitrogens with zero attached hydrogens (tertiary/aromatic N) is 1. The number of ketones is 1. The van der Waals surface area contributed by atoms with Gasteiger partial charge in [-0.3, -0.25) is 9.69 Å². The third-order valence-corrected chi connectivity index (χ3v) is 4.31. The van der Waals surface area contributed by atoms with Gasteiger partial charge in [-0.25, -0.2) is 0 Å². The number of Topliss-reactive ketones (excluding diaryl/α,β-unsaturated/α-hetero) is 1. The van der Waals surface area contributed by atoms with Crippen LogP contribution in [0.3, 0.4) is 0 Å². The van der Waals surface area contributed by atoms with Crippen LogP contribution < -0.4 is 0 Å². The van der Waals surface area contributed by atoms with Crippen molar-refractivity contribution in [1.82, 2.24) is 4.90 Å². The van der Waals surface area contributed by atoms with Crippen LogP contribution in [0.1, 0.15) is 39.5 Å². The molecule has 0 spiro atoms. The Morgan fingerprint density at radius 1 is 1.35 bits per heavy atom. The van der Waals surface area contributed by atoms with Gasteiger partial charge in [-0.15, -0.1) is 0 Å². The van der Waals surface area contributed by atoms with E-state index in [1.165, 1.54) is 19.3 Å². The van der Waals surface area contributed by atoms with Crippen LogP contribution in [-0.2, 0) is 4.79 Å². The summed E-state index contributed by atoms with van der Waals surface area (Å²) in [5, 5.41) is 9.09. The Balaban J connectivity index is 1.93. The first-order valence-corrected chi connectivity index (χ1v) is 6.99. The number of aliphatic hydroxyl groups is 1. The molecule has 2 aliphatic carbocycles. The fourth-order valence-corrected chi connectivity index (χ4v) is 3.22. The lowest BCUT2D eigenvalue weighted by Crippen LogP contribution is -2.42. The average molecular weight is 239 g/mol. The van der Waals surface area contributed by atoms with Crippen molar-refractivity contribution in [2.24, 2.45) is 17.8 Å². The van der Waals surface area contributed by atoms with Crippen molar-refractivity contribution in [1.29, 1.82) is 0 Å². The Kier molecular flexibility index (Phi) is 4.21. The maximum Gasteiger partial charge on any atom is 0.137 e. The fourth-order valence-electron chi connectivity index (χ4n) is 3.22. The van der Waals surface area contributed by atoms with Gasteiger partial charge in [0.2, 0.25) is 0 Å². The molecule has 2 saturated carbocycles. The van der Waals surface area contributed by atoms with E-state index in [0.29, 0.717) is 23.7 Å². The second kappa shape index (κ2) is 5.49. The summed E-state index contributed by atoms with van der Waals surface area (Å²) in [6, 6.07) is 0.640. The number of carbonyl (C=O) groups is 1. The van der Waals surface area contributed by atoms with Crippen molar-refractivity contribution in [3.63, 3.8) is 0 Å². The lowest BCUT2D eigenvalue weighted by atomic mass is 9.74. The highest BCUT2D eigenvalue weighted by Gasteiger charge is 2.37. The van der Waals surface area contributed by atoms with Crippen LogP contribution in [0.4, 0.5) is 0 Å². The molecule has 3 heteroatoms. The summed E-state index contributed by atoms with van der Waals surface area (Å²) < 4.78 is 0. The third-order valence-electron chi connectivity index (χ3n) is 4.31. The molecule has 0 heterocycles. The monoisotopic (exact) mass is 239 g/mol. The Hall–Kier alpha value is -0.410. The van der Waals surface area contributed by atoms with Crippen molar-refractivity contribution in [3.05, 3.63) is 0 Å². The highest BCUT2D eigenvalue weighted by Crippen LogP contribution is 2.34. The number of rotatable bonds is 5. The van der Waals surface area contributed by atoms with E-state index in [2.05, 4.69) is 18.7 Å². The Morgan fingerprint density at radius 2 is 2.06 bits per heavy atom. The highest BCUT2D eigenvalue weighted by atomic mass is 16.3. The zero-order valence-corrected chi connectivity index (χ0v) is 11.1. The molecule has 1 N–H and O–H groups in total. The van der Waals surface area contributed by atoms with Crippen LogP contribution in [0.5, 0.6) is 0 Å². The van der Waals surface area contributed by atoms with Gasteiger partial charge >= 0.3 is 0 Å². The first-order chi connectivity index (χ1) is 8.11. The van der Waals surface area contributed by atoms with E-state index >= 15 is 0 Å². The normalized spacial score (nSPS) is 34.4. The molecule has 0 aromatic rings. The molecule has 0 aliphatic heterocycles. The molecule has 0 aromatic carbocycles. The minimum atomic E-state index is 0.207. The molecular weight excluding hydrogens is 214 g/mol. The standard InChI is InChI=1S/C14H25NO2/c1-10-7-11(2)13(14(17)8-10)9-15(5-6-16)12-3-4-12/h10-13,16H,3-9H2,1-2H3. The minimum Gasteiger partial charge on any atom is -0.395 e. The summed E-state index contributed by atoms with van der Waals surface area (Å²) in [5.41, 5.74) is 0. The summed E-state index contributed by atoms with van der Waals surface area (Å²) in [6.07, 6.45) is 4.41. The molecule has 3 atom stereocenters. The van der Waals surface area contributed by atoms with Crippen molar-refractivity contribution in [2.75, 3.05) is 19.7 Å². The van der Waals surface area contributed by atoms with Gasteiger partial charge in [0, 0.05) is 31.5 Å². The van der Waals surface area contributed by atoms with E-state index < -0.39 is 0 Å². The molecule has 0 saturated heterocycles. The lowest BCUT2D eigenvalue weighted by Gasteiger charge is -2.35. The SMILES string of the molecule is CC1CC(=O)C(CN(CCO)C2CC2)C(C)C1. The van der Waals surface area contributed by atoms with Crippen LogP contribution >= 0.6 is 0 Å². The summed E-state index contributed by atoms with van der Waals surface area (Å²) in [5.74, 6) is 1.71. The van der Waals surface area contributed by atoms with Gasteiger partial charge < -0.3 is 5.11 Å². The van der Waals surface area contributed by atoms with Crippen molar-refractivity contribution in [3.8, 4) is 0 Å². The van der Waals surface area contributed by atoms with Gasteiger partial charge in [0.1, 0.15) is 5.78 Å². The lowest BCUT2D eigenvalue weighted by molar-refractivity contribution is -0.128. The largest absolute Gasteiger partial charge is 0.395 e. The minimum absolute atomic E-state index is 0.207. The third kappa shape index (κ3) is 3.29. The first-order valence-electron chi connectivity index (χ1n) is 6.99. The predicted octanol–water partition coefficient (Wildman–Crippen LogP) is 1.69. The van der Waals surface area contributed by atoms with Gasteiger partial charge in [0.15, 0.2) is 0 Å². The zero-order chi connectivity index (χ0) is 12.4. The van der Waals surface area contributed by atoms with E-state index in [-0.39, 0.29) is 12.5 Å². The number of hydrogen-bond acceptors (Lipinski definition) is 3. The number of aliphatic hydroxyl groups excluding tert-OH is 1. The zero-order valence-electron chi connectivity index (χ0n) is 11.1. The molecule has 2 fully saturated rings. The molecule has 98 valence electrons. The predicted molar refractivity (Wildman–Crippen MR) is 67.7 cm³/mol. The summed E-state index contributed by atoms with van der Waals surface area (Å²) in [7, 11) is 0. The molecule has 0 radical (unpaired) electrons. The molecule has 2 rings (SSSR count). The highest BCUT2D eigenvalue weighted by molar-refractivity contribution is 5.82. The van der Waals surface area contributed by atoms with E-state index in [1.807, 2.05) is 0 Å². The van der Waals surface area contributed by atoms with Gasteiger partial charge in [0.05, 0.1) is 6.61 Å². The van der Waals surface area contributed by atoms with Crippen LogP contribution in [0.25, 0.3) is 0 Å². The van der Waals surface area contributed by atoms with E-state index in [4.69, 9.17) is 5.11 Å². The van der Waals surface area contributed by atoms with E-state index in [0.717, 1.165) is 19.5 Å². The molecule has 0 aromatic heterocycles. The fraction of sp³-hybridized carbons (Fsp3) is 0.929. The van der Waals surface area contributed by atoms with Crippen molar-refractivity contribution >= 4 is 5.78 Å². The summed E-state index contributed by atoms with van der Waals surface area (Å²) in [6.45, 7) is 6.20. The van der Waals surface area contributed by atoms with Crippen LogP contribution in [-0.4, -0.2) is 41.5 Å². The van der Waals surface area contributed by atoms with Crippen LogP contribution in [0.15, 0.2) is 0 Å². The van der Waals surface area contributed by atoms with Gasteiger partial charge in [-0.2, -0.15) is 0 Å². The topological polar surface area (TPSA) is 40.5 Å². The Labute approximate surface area is 104 Å².